The SMILES string of the molecule is CC1(C)OC2C(O1)[C@@H](CO)O[C@H]2n1c(Cl)c(I)c2cc(Cl)c(Cl)cc21. The first-order valence-corrected chi connectivity index (χ1v) is 9.90. The van der Waals surface area contributed by atoms with E-state index in [-0.39, 0.29) is 12.7 Å². The fourth-order valence-electron chi connectivity index (χ4n) is 3.50. The molecule has 3 heterocycles. The molecule has 0 saturated carbocycles. The second-order valence-corrected chi connectivity index (χ2v) is 8.82. The zero-order valence-corrected chi connectivity index (χ0v) is 17.7. The van der Waals surface area contributed by atoms with Crippen LogP contribution in [-0.4, -0.2) is 40.4 Å². The number of aliphatic hydroxyl groups excluding tert-OH is 1. The number of hydrogen-bond donors (Lipinski definition) is 1. The molecule has 2 aromatic rings. The van der Waals surface area contributed by atoms with Crippen molar-refractivity contribution in [3.05, 3.63) is 30.9 Å². The van der Waals surface area contributed by atoms with Gasteiger partial charge in [-0.25, -0.2) is 0 Å². The Morgan fingerprint density at radius 3 is 2.48 bits per heavy atom. The maximum absolute atomic E-state index is 9.67. The lowest BCUT2D eigenvalue weighted by Crippen LogP contribution is -2.31. The van der Waals surface area contributed by atoms with Crippen LogP contribution in [0, 0.1) is 3.57 Å². The molecule has 0 bridgehead atoms. The zero-order chi connectivity index (χ0) is 18.1. The Hall–Kier alpha value is 0.200. The Morgan fingerprint density at radius 1 is 1.16 bits per heavy atom. The van der Waals surface area contributed by atoms with Crippen molar-refractivity contribution in [1.82, 2.24) is 4.57 Å². The van der Waals surface area contributed by atoms with E-state index in [1.807, 2.05) is 18.4 Å². The van der Waals surface area contributed by atoms with Gasteiger partial charge in [-0.05, 0) is 48.6 Å². The van der Waals surface area contributed by atoms with E-state index >= 15 is 0 Å². The van der Waals surface area contributed by atoms with Crippen LogP contribution in [0.5, 0.6) is 0 Å². The Kier molecular flexibility index (Phi) is 4.73. The number of benzene rings is 1. The first-order chi connectivity index (χ1) is 11.7. The smallest absolute Gasteiger partial charge is 0.164 e. The van der Waals surface area contributed by atoms with E-state index in [0.717, 1.165) is 14.5 Å². The molecule has 9 heteroatoms. The second-order valence-electron chi connectivity index (χ2n) is 6.57. The van der Waals surface area contributed by atoms with Crippen LogP contribution in [0.2, 0.25) is 15.2 Å². The first kappa shape index (κ1) is 18.6. The Morgan fingerprint density at radius 2 is 1.80 bits per heavy atom. The third kappa shape index (κ3) is 2.89. The van der Waals surface area contributed by atoms with Crippen molar-refractivity contribution in [3.63, 3.8) is 0 Å². The molecule has 1 aromatic heterocycles. The summed E-state index contributed by atoms with van der Waals surface area (Å²) in [4.78, 5) is 0. The largest absolute Gasteiger partial charge is 0.394 e. The summed E-state index contributed by atoms with van der Waals surface area (Å²) in [6, 6.07) is 3.55. The normalized spacial score (nSPS) is 31.0. The average molecular weight is 519 g/mol. The molecular formula is C16H15Cl3INO4. The average Bonchev–Trinajstić information content (AvgIpc) is 3.10. The minimum absolute atomic E-state index is 0.169. The minimum Gasteiger partial charge on any atom is -0.394 e. The van der Waals surface area contributed by atoms with Gasteiger partial charge in [0.2, 0.25) is 0 Å². The molecular weight excluding hydrogens is 503 g/mol. The van der Waals surface area contributed by atoms with E-state index in [0.29, 0.717) is 15.2 Å². The molecule has 1 aromatic carbocycles. The highest BCUT2D eigenvalue weighted by Gasteiger charge is 2.56. The molecule has 0 amide bonds. The highest BCUT2D eigenvalue weighted by molar-refractivity contribution is 14.1. The minimum atomic E-state index is -0.756. The predicted molar refractivity (Wildman–Crippen MR) is 105 cm³/mol. The molecule has 0 radical (unpaired) electrons. The highest BCUT2D eigenvalue weighted by atomic mass is 127. The number of halogens is 4. The summed E-state index contributed by atoms with van der Waals surface area (Å²) in [5.41, 5.74) is 0.791. The first-order valence-electron chi connectivity index (χ1n) is 7.69. The molecule has 2 aliphatic heterocycles. The maximum Gasteiger partial charge on any atom is 0.164 e. The number of aliphatic hydroxyl groups is 1. The summed E-state index contributed by atoms with van der Waals surface area (Å²) in [6.45, 7) is 3.51. The van der Waals surface area contributed by atoms with E-state index in [2.05, 4.69) is 22.6 Å². The van der Waals surface area contributed by atoms with Crippen LogP contribution in [0.25, 0.3) is 10.9 Å². The molecule has 136 valence electrons. The number of hydrogen-bond acceptors (Lipinski definition) is 4. The van der Waals surface area contributed by atoms with Gasteiger partial charge < -0.3 is 23.9 Å². The lowest BCUT2D eigenvalue weighted by Gasteiger charge is -2.25. The van der Waals surface area contributed by atoms with E-state index in [1.165, 1.54) is 0 Å². The molecule has 4 atom stereocenters. The summed E-state index contributed by atoms with van der Waals surface area (Å²) in [5.74, 6) is -0.756. The lowest BCUT2D eigenvalue weighted by atomic mass is 10.1. The van der Waals surface area contributed by atoms with Crippen molar-refractivity contribution in [2.75, 3.05) is 6.61 Å². The van der Waals surface area contributed by atoms with Crippen molar-refractivity contribution >= 4 is 68.3 Å². The summed E-state index contributed by atoms with van der Waals surface area (Å²) < 4.78 is 20.7. The second kappa shape index (κ2) is 6.38. The molecule has 2 fully saturated rings. The standard InChI is InChI=1S/C16H15Cl3INO4/c1-16(2)24-12-10(5-22)23-15(13(12)25-16)21-9-4-8(18)7(17)3-6(9)11(20)14(21)19/h3-4,10,12-13,15,22H,5H2,1-2H3/t10-,12?,13?,15-/m1/s1. The monoisotopic (exact) mass is 517 g/mol. The van der Waals surface area contributed by atoms with E-state index in [9.17, 15) is 5.11 Å². The number of fused-ring (bicyclic) bond motifs is 2. The van der Waals surface area contributed by atoms with Gasteiger partial charge in [0.25, 0.3) is 0 Å². The number of aromatic nitrogens is 1. The molecule has 4 rings (SSSR count). The number of rotatable bonds is 2. The van der Waals surface area contributed by atoms with Gasteiger partial charge >= 0.3 is 0 Å². The topological polar surface area (TPSA) is 52.9 Å². The van der Waals surface area contributed by atoms with Gasteiger partial charge in [0, 0.05) is 5.39 Å². The Labute approximate surface area is 173 Å². The van der Waals surface area contributed by atoms with Crippen molar-refractivity contribution in [1.29, 1.82) is 0 Å². The van der Waals surface area contributed by atoms with Gasteiger partial charge in [-0.15, -0.1) is 0 Å². The van der Waals surface area contributed by atoms with Gasteiger partial charge in [0.1, 0.15) is 23.5 Å². The lowest BCUT2D eigenvalue weighted by molar-refractivity contribution is -0.199. The summed E-state index contributed by atoms with van der Waals surface area (Å²) in [5, 5.41) is 11.9. The fraction of sp³-hybridized carbons (Fsp3) is 0.500. The molecule has 2 saturated heterocycles. The summed E-state index contributed by atoms with van der Waals surface area (Å²) >= 11 is 21.1. The fourth-order valence-corrected chi connectivity index (χ4v) is 4.80. The molecule has 5 nitrogen and oxygen atoms in total. The maximum atomic E-state index is 9.67. The predicted octanol–water partition coefficient (Wildman–Crippen LogP) is 4.62. The van der Waals surface area contributed by atoms with Crippen molar-refractivity contribution < 1.29 is 19.3 Å². The van der Waals surface area contributed by atoms with Crippen LogP contribution < -0.4 is 0 Å². The molecule has 0 aliphatic carbocycles. The van der Waals surface area contributed by atoms with Crippen LogP contribution in [0.15, 0.2) is 12.1 Å². The van der Waals surface area contributed by atoms with E-state index in [1.54, 1.807) is 12.1 Å². The van der Waals surface area contributed by atoms with Crippen molar-refractivity contribution in [2.45, 2.75) is 44.2 Å². The van der Waals surface area contributed by atoms with Crippen LogP contribution in [0.4, 0.5) is 0 Å². The number of ether oxygens (including phenoxy) is 3. The van der Waals surface area contributed by atoms with Crippen molar-refractivity contribution in [2.24, 2.45) is 0 Å². The van der Waals surface area contributed by atoms with Gasteiger partial charge in [-0.1, -0.05) is 34.8 Å². The van der Waals surface area contributed by atoms with Gasteiger partial charge in [-0.2, -0.15) is 0 Å². The zero-order valence-electron chi connectivity index (χ0n) is 13.3. The van der Waals surface area contributed by atoms with Gasteiger partial charge in [0.15, 0.2) is 12.0 Å². The quantitative estimate of drug-likeness (QED) is 0.590. The molecule has 25 heavy (non-hydrogen) atoms. The molecule has 2 aliphatic rings. The van der Waals surface area contributed by atoms with Crippen molar-refractivity contribution in [3.8, 4) is 0 Å². The Balaban J connectivity index is 1.87. The Bertz CT molecular complexity index is 856. The number of nitrogens with zero attached hydrogens (tertiary/aromatic N) is 1. The molecule has 1 N–H and O–H groups in total. The third-order valence-electron chi connectivity index (χ3n) is 4.49. The van der Waals surface area contributed by atoms with E-state index in [4.69, 9.17) is 49.0 Å². The van der Waals surface area contributed by atoms with Crippen LogP contribution in [-0.2, 0) is 14.2 Å². The van der Waals surface area contributed by atoms with Crippen LogP contribution in [0.3, 0.4) is 0 Å². The van der Waals surface area contributed by atoms with Gasteiger partial charge in [-0.3, -0.25) is 0 Å². The van der Waals surface area contributed by atoms with Crippen LogP contribution >= 0.6 is 57.4 Å². The van der Waals surface area contributed by atoms with Gasteiger partial charge in [0.05, 0.1) is 25.7 Å². The summed E-state index contributed by atoms with van der Waals surface area (Å²) in [7, 11) is 0. The summed E-state index contributed by atoms with van der Waals surface area (Å²) in [6.07, 6.45) is -1.81. The highest BCUT2D eigenvalue weighted by Crippen LogP contribution is 2.47. The third-order valence-corrected chi connectivity index (χ3v) is 6.99. The van der Waals surface area contributed by atoms with E-state index < -0.39 is 24.2 Å². The molecule has 2 unspecified atom stereocenters. The van der Waals surface area contributed by atoms with Crippen LogP contribution in [0.1, 0.15) is 20.1 Å². The molecule has 0 spiro atoms.